The standard InChI is InChI=1S/C22H35N5O3/c1-4-7-12-24-20(28)19-10-8-18(9-11-19)17-25-21(23-5-2)26-13-15-27(16-14-26)22(29)30-6-3/h8-11H,4-7,12-17H2,1-3H3,(H,23,25)(H,24,28). The van der Waals surface area contributed by atoms with E-state index in [9.17, 15) is 9.59 Å². The summed E-state index contributed by atoms with van der Waals surface area (Å²) in [5.74, 6) is 0.800. The molecule has 1 aliphatic rings. The average molecular weight is 418 g/mol. The number of rotatable bonds is 8. The molecule has 1 fully saturated rings. The fraction of sp³-hybridized carbons (Fsp3) is 0.591. The highest BCUT2D eigenvalue weighted by Crippen LogP contribution is 2.08. The number of hydrogen-bond acceptors (Lipinski definition) is 4. The Kier molecular flexibility index (Phi) is 9.97. The van der Waals surface area contributed by atoms with Crippen LogP contribution in [0.2, 0.25) is 0 Å². The minimum atomic E-state index is -0.252. The van der Waals surface area contributed by atoms with Gasteiger partial charge in [-0.05, 0) is 38.0 Å². The fourth-order valence-electron chi connectivity index (χ4n) is 3.15. The van der Waals surface area contributed by atoms with Gasteiger partial charge in [-0.1, -0.05) is 25.5 Å². The van der Waals surface area contributed by atoms with Crippen molar-refractivity contribution in [2.45, 2.75) is 40.2 Å². The molecule has 1 aromatic carbocycles. The molecule has 0 spiro atoms. The lowest BCUT2D eigenvalue weighted by Crippen LogP contribution is -2.53. The Labute approximate surface area is 179 Å². The molecule has 1 heterocycles. The van der Waals surface area contributed by atoms with Gasteiger partial charge in [0.25, 0.3) is 5.91 Å². The predicted octanol–water partition coefficient (Wildman–Crippen LogP) is 2.46. The van der Waals surface area contributed by atoms with E-state index in [1.54, 1.807) is 4.90 Å². The highest BCUT2D eigenvalue weighted by molar-refractivity contribution is 5.94. The van der Waals surface area contributed by atoms with Crippen LogP contribution in [0.5, 0.6) is 0 Å². The first-order chi connectivity index (χ1) is 14.6. The van der Waals surface area contributed by atoms with Crippen molar-refractivity contribution < 1.29 is 14.3 Å². The lowest BCUT2D eigenvalue weighted by molar-refractivity contribution is 0.0913. The minimum Gasteiger partial charge on any atom is -0.450 e. The number of hydrogen-bond donors (Lipinski definition) is 2. The summed E-state index contributed by atoms with van der Waals surface area (Å²) >= 11 is 0. The Hall–Kier alpha value is -2.77. The molecule has 0 aromatic heterocycles. The molecule has 2 amide bonds. The van der Waals surface area contributed by atoms with E-state index in [4.69, 9.17) is 9.73 Å². The Morgan fingerprint density at radius 3 is 2.27 bits per heavy atom. The van der Waals surface area contributed by atoms with Crippen LogP contribution in [0.3, 0.4) is 0 Å². The van der Waals surface area contributed by atoms with Gasteiger partial charge in [-0.25, -0.2) is 9.79 Å². The van der Waals surface area contributed by atoms with Crippen molar-refractivity contribution >= 4 is 18.0 Å². The van der Waals surface area contributed by atoms with E-state index in [0.717, 1.165) is 30.9 Å². The van der Waals surface area contributed by atoms with Crippen molar-refractivity contribution in [3.8, 4) is 0 Å². The maximum atomic E-state index is 12.1. The lowest BCUT2D eigenvalue weighted by atomic mass is 10.1. The Bertz CT molecular complexity index is 697. The molecule has 8 heteroatoms. The quantitative estimate of drug-likeness (QED) is 0.386. The third-order valence-corrected chi connectivity index (χ3v) is 4.88. The summed E-state index contributed by atoms with van der Waals surface area (Å²) in [6, 6.07) is 7.58. The second-order valence-electron chi connectivity index (χ2n) is 7.15. The molecule has 0 aliphatic carbocycles. The predicted molar refractivity (Wildman–Crippen MR) is 119 cm³/mol. The van der Waals surface area contributed by atoms with Gasteiger partial charge in [0.15, 0.2) is 5.96 Å². The highest BCUT2D eigenvalue weighted by Gasteiger charge is 2.23. The number of unbranched alkanes of at least 4 members (excludes halogenated alkanes) is 1. The van der Waals surface area contributed by atoms with Gasteiger partial charge in [0.05, 0.1) is 13.2 Å². The van der Waals surface area contributed by atoms with Crippen molar-refractivity contribution in [1.82, 2.24) is 20.4 Å². The molecule has 1 aliphatic heterocycles. The van der Waals surface area contributed by atoms with Crippen LogP contribution in [-0.2, 0) is 11.3 Å². The van der Waals surface area contributed by atoms with Crippen LogP contribution in [-0.4, -0.2) is 73.6 Å². The number of amides is 2. The second kappa shape index (κ2) is 12.7. The number of guanidine groups is 1. The molecular weight excluding hydrogens is 382 g/mol. The van der Waals surface area contributed by atoms with Crippen LogP contribution in [0.25, 0.3) is 0 Å². The normalized spacial score (nSPS) is 14.4. The molecule has 166 valence electrons. The van der Waals surface area contributed by atoms with Gasteiger partial charge in [-0.2, -0.15) is 0 Å². The van der Waals surface area contributed by atoms with E-state index >= 15 is 0 Å². The lowest BCUT2D eigenvalue weighted by Gasteiger charge is -2.35. The second-order valence-corrected chi connectivity index (χ2v) is 7.15. The van der Waals surface area contributed by atoms with E-state index in [2.05, 4.69) is 22.5 Å². The highest BCUT2D eigenvalue weighted by atomic mass is 16.6. The zero-order valence-electron chi connectivity index (χ0n) is 18.4. The van der Waals surface area contributed by atoms with Crippen LogP contribution in [0.4, 0.5) is 4.79 Å². The summed E-state index contributed by atoms with van der Waals surface area (Å²) in [5.41, 5.74) is 1.71. The smallest absolute Gasteiger partial charge is 0.409 e. The number of nitrogens with zero attached hydrogens (tertiary/aromatic N) is 3. The molecule has 0 atom stereocenters. The number of benzene rings is 1. The van der Waals surface area contributed by atoms with Crippen LogP contribution in [0, 0.1) is 0 Å². The summed E-state index contributed by atoms with van der Waals surface area (Å²) in [5, 5.41) is 6.26. The van der Waals surface area contributed by atoms with Gasteiger partial charge >= 0.3 is 6.09 Å². The average Bonchev–Trinajstić information content (AvgIpc) is 2.77. The first-order valence-corrected chi connectivity index (χ1v) is 10.9. The molecule has 30 heavy (non-hydrogen) atoms. The fourth-order valence-corrected chi connectivity index (χ4v) is 3.15. The third-order valence-electron chi connectivity index (χ3n) is 4.88. The molecule has 0 bridgehead atoms. The number of carbonyl (C=O) groups excluding carboxylic acids is 2. The third kappa shape index (κ3) is 7.24. The number of piperazine rings is 1. The van der Waals surface area contributed by atoms with E-state index in [0.29, 0.717) is 51.4 Å². The minimum absolute atomic E-state index is 0.0358. The maximum absolute atomic E-state index is 12.1. The molecule has 8 nitrogen and oxygen atoms in total. The first kappa shape index (κ1) is 23.5. The summed E-state index contributed by atoms with van der Waals surface area (Å²) in [6.45, 7) is 11.0. The van der Waals surface area contributed by atoms with E-state index in [-0.39, 0.29) is 12.0 Å². The Balaban J connectivity index is 1.91. The summed E-state index contributed by atoms with van der Waals surface area (Å²) in [4.78, 5) is 32.6. The van der Waals surface area contributed by atoms with Crippen molar-refractivity contribution in [2.75, 3.05) is 45.9 Å². The van der Waals surface area contributed by atoms with Gasteiger partial charge in [-0.15, -0.1) is 0 Å². The van der Waals surface area contributed by atoms with Gasteiger partial charge in [0, 0.05) is 44.8 Å². The molecule has 0 unspecified atom stereocenters. The molecular formula is C22H35N5O3. The summed E-state index contributed by atoms with van der Waals surface area (Å²) in [6.07, 6.45) is 1.79. The van der Waals surface area contributed by atoms with Gasteiger partial charge in [0.1, 0.15) is 0 Å². The van der Waals surface area contributed by atoms with E-state index in [1.165, 1.54) is 0 Å². The topological polar surface area (TPSA) is 86.3 Å². The van der Waals surface area contributed by atoms with Gasteiger partial charge in [-0.3, -0.25) is 4.79 Å². The van der Waals surface area contributed by atoms with Crippen LogP contribution < -0.4 is 10.6 Å². The van der Waals surface area contributed by atoms with Crippen molar-refractivity contribution in [3.63, 3.8) is 0 Å². The Morgan fingerprint density at radius 2 is 1.67 bits per heavy atom. The maximum Gasteiger partial charge on any atom is 0.409 e. The zero-order valence-corrected chi connectivity index (χ0v) is 18.4. The monoisotopic (exact) mass is 417 g/mol. The number of nitrogens with one attached hydrogen (secondary N) is 2. The van der Waals surface area contributed by atoms with Gasteiger partial charge in [0.2, 0.25) is 0 Å². The van der Waals surface area contributed by atoms with Crippen LogP contribution in [0.15, 0.2) is 29.3 Å². The van der Waals surface area contributed by atoms with E-state index in [1.807, 2.05) is 38.1 Å². The van der Waals surface area contributed by atoms with Crippen LogP contribution >= 0.6 is 0 Å². The number of ether oxygens (including phenoxy) is 1. The molecule has 0 saturated carbocycles. The van der Waals surface area contributed by atoms with Crippen molar-refractivity contribution in [3.05, 3.63) is 35.4 Å². The molecule has 2 rings (SSSR count). The largest absolute Gasteiger partial charge is 0.450 e. The SMILES string of the molecule is CCCCNC(=O)c1ccc(CN=C(NCC)N2CCN(C(=O)OCC)CC2)cc1. The summed E-state index contributed by atoms with van der Waals surface area (Å²) < 4.78 is 5.08. The first-order valence-electron chi connectivity index (χ1n) is 10.9. The molecule has 1 aromatic rings. The molecule has 0 radical (unpaired) electrons. The van der Waals surface area contributed by atoms with Crippen molar-refractivity contribution in [2.24, 2.45) is 4.99 Å². The van der Waals surface area contributed by atoms with Crippen molar-refractivity contribution in [1.29, 1.82) is 0 Å². The molecule has 1 saturated heterocycles. The Morgan fingerprint density at radius 1 is 1.00 bits per heavy atom. The number of aliphatic imine (C=N–C) groups is 1. The number of carbonyl (C=O) groups is 2. The van der Waals surface area contributed by atoms with Crippen LogP contribution in [0.1, 0.15) is 49.5 Å². The zero-order chi connectivity index (χ0) is 21.8. The van der Waals surface area contributed by atoms with Gasteiger partial charge < -0.3 is 25.2 Å². The molecule has 2 N–H and O–H groups in total. The summed E-state index contributed by atoms with van der Waals surface area (Å²) in [7, 11) is 0. The van der Waals surface area contributed by atoms with E-state index < -0.39 is 0 Å².